The SMILES string of the molecule is O=C(COc1ccccc1)N1CCC2(CC1)COCCN(Cc1ccncc1)C2.O=C(O)C(F)(F)F.O=C(O)C(F)(F)F. The number of carboxylic acid groups (broad SMARTS) is 2. The van der Waals surface area contributed by atoms with Gasteiger partial charge in [-0.05, 0) is 42.7 Å². The smallest absolute Gasteiger partial charge is 0.484 e. The number of nitrogens with zero attached hydrogens (tertiary/aromatic N) is 3. The molecule has 3 heterocycles. The molecule has 10 nitrogen and oxygen atoms in total. The van der Waals surface area contributed by atoms with Crippen LogP contribution in [-0.4, -0.2) is 101 Å². The summed E-state index contributed by atoms with van der Waals surface area (Å²) in [5, 5.41) is 14.2. The van der Waals surface area contributed by atoms with Gasteiger partial charge < -0.3 is 24.6 Å². The lowest BCUT2D eigenvalue weighted by molar-refractivity contribution is -0.193. The minimum Gasteiger partial charge on any atom is -0.484 e. The van der Waals surface area contributed by atoms with E-state index in [1.165, 1.54) is 5.56 Å². The van der Waals surface area contributed by atoms with Crippen LogP contribution in [0.25, 0.3) is 0 Å². The summed E-state index contributed by atoms with van der Waals surface area (Å²) < 4.78 is 75.1. The molecule has 0 saturated carbocycles. The van der Waals surface area contributed by atoms with Gasteiger partial charge in [-0.25, -0.2) is 9.59 Å². The monoisotopic (exact) mass is 623 g/mol. The molecule has 1 aromatic carbocycles. The van der Waals surface area contributed by atoms with Crippen LogP contribution in [0.4, 0.5) is 26.3 Å². The number of aromatic nitrogens is 1. The second kappa shape index (κ2) is 16.1. The highest BCUT2D eigenvalue weighted by atomic mass is 19.4. The van der Waals surface area contributed by atoms with Gasteiger partial charge in [0.25, 0.3) is 5.91 Å². The topological polar surface area (TPSA) is 130 Å². The Morgan fingerprint density at radius 1 is 0.884 bits per heavy atom. The Balaban J connectivity index is 0.000000384. The molecule has 238 valence electrons. The summed E-state index contributed by atoms with van der Waals surface area (Å²) in [7, 11) is 0. The lowest BCUT2D eigenvalue weighted by atomic mass is 9.78. The summed E-state index contributed by atoms with van der Waals surface area (Å²) in [6.07, 6.45) is -4.53. The summed E-state index contributed by atoms with van der Waals surface area (Å²) in [6.45, 7) is 6.05. The predicted molar refractivity (Wildman–Crippen MR) is 138 cm³/mol. The Morgan fingerprint density at radius 3 is 1.93 bits per heavy atom. The summed E-state index contributed by atoms with van der Waals surface area (Å²) in [6, 6.07) is 13.7. The molecule has 2 aliphatic rings. The summed E-state index contributed by atoms with van der Waals surface area (Å²) in [5.41, 5.74) is 1.41. The van der Waals surface area contributed by atoms with Crippen molar-refractivity contribution in [3.05, 3.63) is 60.4 Å². The van der Waals surface area contributed by atoms with Gasteiger partial charge in [0.2, 0.25) is 0 Å². The fraction of sp³-hybridized carbons (Fsp3) is 0.481. The van der Waals surface area contributed by atoms with E-state index in [-0.39, 0.29) is 17.9 Å². The van der Waals surface area contributed by atoms with Crippen LogP contribution in [-0.2, 0) is 25.7 Å². The number of rotatable bonds is 5. The van der Waals surface area contributed by atoms with E-state index < -0.39 is 24.3 Å². The molecular weight excluding hydrogens is 592 g/mol. The van der Waals surface area contributed by atoms with E-state index >= 15 is 0 Å². The molecule has 2 saturated heterocycles. The van der Waals surface area contributed by atoms with Crippen LogP contribution in [0.2, 0.25) is 0 Å². The van der Waals surface area contributed by atoms with Crippen LogP contribution in [0, 0.1) is 5.41 Å². The van der Waals surface area contributed by atoms with Gasteiger partial charge in [-0.2, -0.15) is 26.3 Å². The molecule has 1 amide bonds. The molecule has 2 fully saturated rings. The van der Waals surface area contributed by atoms with E-state index in [1.807, 2.05) is 47.6 Å². The van der Waals surface area contributed by atoms with Gasteiger partial charge in [0.05, 0.1) is 13.2 Å². The van der Waals surface area contributed by atoms with E-state index in [1.54, 1.807) is 0 Å². The quantitative estimate of drug-likeness (QED) is 0.477. The molecule has 1 aromatic heterocycles. The predicted octanol–water partition coefficient (Wildman–Crippen LogP) is 3.87. The number of carboxylic acids is 2. The number of aliphatic carboxylic acids is 2. The molecule has 0 aliphatic carbocycles. The Morgan fingerprint density at radius 2 is 1.42 bits per heavy atom. The number of halogens is 6. The first-order valence-corrected chi connectivity index (χ1v) is 12.9. The number of alkyl halides is 6. The lowest BCUT2D eigenvalue weighted by Crippen LogP contribution is -2.49. The Kier molecular flexibility index (Phi) is 13.2. The van der Waals surface area contributed by atoms with Gasteiger partial charge in [0.15, 0.2) is 6.61 Å². The number of amides is 1. The average molecular weight is 624 g/mol. The molecule has 0 unspecified atom stereocenters. The molecule has 0 bridgehead atoms. The minimum absolute atomic E-state index is 0.0619. The number of hydrogen-bond acceptors (Lipinski definition) is 7. The van der Waals surface area contributed by atoms with Crippen molar-refractivity contribution in [1.82, 2.24) is 14.8 Å². The number of carbonyl (C=O) groups is 3. The Hall–Kier alpha value is -3.92. The first-order chi connectivity index (χ1) is 20.1. The van der Waals surface area contributed by atoms with Crippen LogP contribution in [0.15, 0.2) is 54.9 Å². The molecule has 2 N–H and O–H groups in total. The molecular formula is C27H31F6N3O7. The van der Waals surface area contributed by atoms with Gasteiger partial charge >= 0.3 is 24.3 Å². The number of piperidine rings is 1. The van der Waals surface area contributed by atoms with Gasteiger partial charge in [-0.15, -0.1) is 0 Å². The normalized spacial score (nSPS) is 16.9. The summed E-state index contributed by atoms with van der Waals surface area (Å²) in [5.74, 6) is -4.72. The molecule has 2 aromatic rings. The van der Waals surface area contributed by atoms with E-state index in [0.29, 0.717) is 0 Å². The zero-order chi connectivity index (χ0) is 32.1. The fourth-order valence-corrected chi connectivity index (χ4v) is 4.25. The molecule has 1 spiro atoms. The van der Waals surface area contributed by atoms with Gasteiger partial charge in [0.1, 0.15) is 5.75 Å². The van der Waals surface area contributed by atoms with E-state index in [4.69, 9.17) is 29.3 Å². The van der Waals surface area contributed by atoms with Crippen molar-refractivity contribution in [1.29, 1.82) is 0 Å². The molecule has 43 heavy (non-hydrogen) atoms. The van der Waals surface area contributed by atoms with Gasteiger partial charge in [0, 0.05) is 50.5 Å². The average Bonchev–Trinajstić information content (AvgIpc) is 3.14. The number of ether oxygens (including phenoxy) is 2. The Labute approximate surface area is 242 Å². The van der Waals surface area contributed by atoms with Crippen molar-refractivity contribution in [3.8, 4) is 5.75 Å². The largest absolute Gasteiger partial charge is 0.490 e. The first kappa shape index (κ1) is 35.3. The molecule has 0 atom stereocenters. The molecule has 4 rings (SSSR count). The standard InChI is InChI=1S/C23H29N3O3.2C2HF3O2/c27-22(17-29-21-4-2-1-3-5-21)26-12-8-23(9-13-26)18-25(14-15-28-19-23)16-20-6-10-24-11-7-20;2*3-2(4,5)1(6)7/h1-7,10-11H,8-9,12-19H2;2*(H,6,7). The van der Waals surface area contributed by atoms with Crippen LogP contribution < -0.4 is 4.74 Å². The van der Waals surface area contributed by atoms with Crippen LogP contribution in [0.5, 0.6) is 5.75 Å². The van der Waals surface area contributed by atoms with Crippen molar-refractivity contribution < 1.29 is 60.4 Å². The van der Waals surface area contributed by atoms with Crippen molar-refractivity contribution in [2.24, 2.45) is 5.41 Å². The number of hydrogen-bond donors (Lipinski definition) is 2. The number of carbonyl (C=O) groups excluding carboxylic acids is 1. The van der Waals surface area contributed by atoms with E-state index in [0.717, 1.165) is 64.5 Å². The second-order valence-electron chi connectivity index (χ2n) is 9.71. The van der Waals surface area contributed by atoms with Crippen molar-refractivity contribution in [2.75, 3.05) is 46.0 Å². The maximum atomic E-state index is 12.6. The van der Waals surface area contributed by atoms with E-state index in [9.17, 15) is 31.1 Å². The van der Waals surface area contributed by atoms with Crippen molar-refractivity contribution in [2.45, 2.75) is 31.7 Å². The maximum Gasteiger partial charge on any atom is 0.490 e. The zero-order valence-corrected chi connectivity index (χ0v) is 22.8. The fourth-order valence-electron chi connectivity index (χ4n) is 4.25. The third-order valence-corrected chi connectivity index (χ3v) is 6.44. The second-order valence-corrected chi connectivity index (χ2v) is 9.71. The third-order valence-electron chi connectivity index (χ3n) is 6.44. The van der Waals surface area contributed by atoms with Gasteiger partial charge in [-0.3, -0.25) is 14.7 Å². The third kappa shape index (κ3) is 12.9. The maximum absolute atomic E-state index is 12.6. The highest BCUT2D eigenvalue weighted by Crippen LogP contribution is 2.35. The van der Waals surface area contributed by atoms with Crippen LogP contribution in [0.3, 0.4) is 0 Å². The first-order valence-electron chi connectivity index (χ1n) is 12.9. The van der Waals surface area contributed by atoms with Crippen LogP contribution in [0.1, 0.15) is 18.4 Å². The highest BCUT2D eigenvalue weighted by Gasteiger charge is 2.40. The van der Waals surface area contributed by atoms with Gasteiger partial charge in [-0.1, -0.05) is 18.2 Å². The van der Waals surface area contributed by atoms with Crippen LogP contribution >= 0.6 is 0 Å². The lowest BCUT2D eigenvalue weighted by Gasteiger charge is -2.42. The minimum atomic E-state index is -5.08. The highest BCUT2D eigenvalue weighted by molar-refractivity contribution is 5.78. The summed E-state index contributed by atoms with van der Waals surface area (Å²) >= 11 is 0. The molecule has 2 aliphatic heterocycles. The number of para-hydroxylation sites is 1. The number of pyridine rings is 1. The molecule has 0 radical (unpaired) electrons. The number of benzene rings is 1. The summed E-state index contributed by atoms with van der Waals surface area (Å²) in [4.78, 5) is 38.9. The Bertz CT molecular complexity index is 1140. The molecule has 16 heteroatoms. The van der Waals surface area contributed by atoms with E-state index in [2.05, 4.69) is 22.0 Å². The van der Waals surface area contributed by atoms with Crippen molar-refractivity contribution in [3.63, 3.8) is 0 Å². The zero-order valence-electron chi connectivity index (χ0n) is 22.8. The van der Waals surface area contributed by atoms with Crippen molar-refractivity contribution >= 4 is 17.8 Å². The number of likely N-dealkylation sites (tertiary alicyclic amines) is 1.